The SMILES string of the molecule is CCc1cnc(N2CCC(c3nc(COc4ccc(C5COS(=O)(=O)OC5)cc4)cs3)CC2)nc1. The first kappa shape index (κ1) is 24.1. The van der Waals surface area contributed by atoms with Gasteiger partial charge in [-0.1, -0.05) is 19.1 Å². The zero-order valence-corrected chi connectivity index (χ0v) is 21.1. The van der Waals surface area contributed by atoms with Crippen LogP contribution in [0.15, 0.2) is 42.0 Å². The molecule has 2 aliphatic heterocycles. The molecule has 2 fully saturated rings. The summed E-state index contributed by atoms with van der Waals surface area (Å²) < 4.78 is 37.9. The molecule has 9 nitrogen and oxygen atoms in total. The van der Waals surface area contributed by atoms with E-state index in [2.05, 4.69) is 27.2 Å². The monoisotopic (exact) mass is 516 g/mol. The van der Waals surface area contributed by atoms with E-state index < -0.39 is 10.4 Å². The molecule has 4 heterocycles. The third-order valence-corrected chi connectivity index (χ3v) is 8.27. The average Bonchev–Trinajstić information content (AvgIpc) is 3.37. The summed E-state index contributed by atoms with van der Waals surface area (Å²) in [7, 11) is -3.83. The fraction of sp³-hybridized carbons (Fsp3) is 0.458. The van der Waals surface area contributed by atoms with Gasteiger partial charge in [-0.2, -0.15) is 8.42 Å². The molecule has 0 N–H and O–H groups in total. The summed E-state index contributed by atoms with van der Waals surface area (Å²) in [6.45, 7) is 4.53. The first-order valence-electron chi connectivity index (χ1n) is 11.8. The van der Waals surface area contributed by atoms with Crippen molar-refractivity contribution < 1.29 is 21.5 Å². The predicted molar refractivity (Wildman–Crippen MR) is 132 cm³/mol. The molecule has 3 aromatic rings. The molecule has 0 atom stereocenters. The number of nitrogens with zero attached hydrogens (tertiary/aromatic N) is 4. The first-order valence-corrected chi connectivity index (χ1v) is 14.0. The summed E-state index contributed by atoms with van der Waals surface area (Å²) in [4.78, 5) is 16.1. The molecule has 186 valence electrons. The predicted octanol–water partition coefficient (Wildman–Crippen LogP) is 3.83. The van der Waals surface area contributed by atoms with E-state index in [-0.39, 0.29) is 19.1 Å². The minimum Gasteiger partial charge on any atom is -0.487 e. The van der Waals surface area contributed by atoms with Gasteiger partial charge in [0.1, 0.15) is 12.4 Å². The second-order valence-electron chi connectivity index (χ2n) is 8.72. The molecule has 0 amide bonds. The molecule has 0 radical (unpaired) electrons. The van der Waals surface area contributed by atoms with Crippen LogP contribution >= 0.6 is 11.3 Å². The Morgan fingerprint density at radius 2 is 1.74 bits per heavy atom. The molecular weight excluding hydrogens is 488 g/mol. The number of hydrogen-bond donors (Lipinski definition) is 0. The number of thiazole rings is 1. The van der Waals surface area contributed by atoms with Crippen molar-refractivity contribution in [3.8, 4) is 5.75 Å². The minimum absolute atomic E-state index is 0.0845. The van der Waals surface area contributed by atoms with Crippen LogP contribution in [0.25, 0.3) is 0 Å². The van der Waals surface area contributed by atoms with Crippen molar-refractivity contribution in [3.63, 3.8) is 0 Å². The molecule has 0 unspecified atom stereocenters. The zero-order valence-electron chi connectivity index (χ0n) is 19.5. The molecule has 2 aromatic heterocycles. The number of piperidine rings is 1. The van der Waals surface area contributed by atoms with E-state index in [1.54, 1.807) is 11.3 Å². The number of aryl methyl sites for hydroxylation is 1. The van der Waals surface area contributed by atoms with Crippen molar-refractivity contribution in [1.82, 2.24) is 15.0 Å². The van der Waals surface area contributed by atoms with E-state index >= 15 is 0 Å². The van der Waals surface area contributed by atoms with Crippen LogP contribution in [-0.4, -0.2) is 49.7 Å². The lowest BCUT2D eigenvalue weighted by molar-refractivity contribution is 0.135. The van der Waals surface area contributed by atoms with Gasteiger partial charge in [0.05, 0.1) is 23.9 Å². The molecule has 11 heteroatoms. The maximum absolute atomic E-state index is 11.2. The number of rotatable bonds is 7. The van der Waals surface area contributed by atoms with Gasteiger partial charge in [0.25, 0.3) is 0 Å². The van der Waals surface area contributed by atoms with Crippen LogP contribution in [0.1, 0.15) is 53.4 Å². The highest BCUT2D eigenvalue weighted by Crippen LogP contribution is 2.32. The second kappa shape index (κ2) is 10.6. The van der Waals surface area contributed by atoms with Crippen molar-refractivity contribution >= 4 is 27.7 Å². The standard InChI is InChI=1S/C24H28N4O5S2/c1-2-17-11-25-24(26-12-17)28-9-7-19(8-10-28)23-27-21(16-34-23)15-31-22-5-3-18(4-6-22)20-13-32-35(29,30)33-14-20/h3-6,11-12,16,19-20H,2,7-10,13-15H2,1H3. The first-order chi connectivity index (χ1) is 17.0. The maximum atomic E-state index is 11.2. The highest BCUT2D eigenvalue weighted by Gasteiger charge is 2.27. The summed E-state index contributed by atoms with van der Waals surface area (Å²) in [6, 6.07) is 7.56. The Morgan fingerprint density at radius 3 is 2.40 bits per heavy atom. The Balaban J connectivity index is 1.10. The van der Waals surface area contributed by atoms with Crippen LogP contribution in [-0.2, 0) is 31.8 Å². The molecular formula is C24H28N4O5S2. The van der Waals surface area contributed by atoms with Gasteiger partial charge in [-0.25, -0.2) is 23.3 Å². The van der Waals surface area contributed by atoms with Crippen molar-refractivity contribution in [2.75, 3.05) is 31.2 Å². The summed E-state index contributed by atoms with van der Waals surface area (Å²) in [5, 5.41) is 3.23. The molecule has 0 spiro atoms. The Morgan fingerprint density at radius 1 is 1.06 bits per heavy atom. The quantitative estimate of drug-likeness (QED) is 0.463. The molecule has 2 aliphatic rings. The molecule has 0 saturated carbocycles. The van der Waals surface area contributed by atoms with Crippen molar-refractivity contribution in [1.29, 1.82) is 0 Å². The van der Waals surface area contributed by atoms with Crippen molar-refractivity contribution in [2.45, 2.75) is 44.6 Å². The fourth-order valence-electron chi connectivity index (χ4n) is 4.20. The van der Waals surface area contributed by atoms with E-state index in [1.807, 2.05) is 36.7 Å². The van der Waals surface area contributed by atoms with Gasteiger partial charge in [0, 0.05) is 42.7 Å². The topological polar surface area (TPSA) is 104 Å². The molecule has 1 aromatic carbocycles. The van der Waals surface area contributed by atoms with Gasteiger partial charge in [-0.3, -0.25) is 0 Å². The third kappa shape index (κ3) is 5.97. The van der Waals surface area contributed by atoms with E-state index in [0.29, 0.717) is 12.5 Å². The highest BCUT2D eigenvalue weighted by atomic mass is 32.3. The Bertz CT molecular complexity index is 1210. The highest BCUT2D eigenvalue weighted by molar-refractivity contribution is 7.81. The minimum atomic E-state index is -3.83. The fourth-order valence-corrected chi connectivity index (χ4v) is 5.90. The Hall–Kier alpha value is -2.60. The maximum Gasteiger partial charge on any atom is 0.399 e. The van der Waals surface area contributed by atoms with Crippen LogP contribution in [0, 0.1) is 0 Å². The summed E-state index contributed by atoms with van der Waals surface area (Å²) >= 11 is 1.70. The number of hydrogen-bond acceptors (Lipinski definition) is 10. The summed E-state index contributed by atoms with van der Waals surface area (Å²) in [6.07, 6.45) is 6.85. The van der Waals surface area contributed by atoms with E-state index in [1.165, 1.54) is 0 Å². The van der Waals surface area contributed by atoms with Gasteiger partial charge in [-0.15, -0.1) is 11.3 Å². The summed E-state index contributed by atoms with van der Waals surface area (Å²) in [5.74, 6) is 1.87. The number of benzene rings is 1. The van der Waals surface area contributed by atoms with Gasteiger partial charge < -0.3 is 9.64 Å². The van der Waals surface area contributed by atoms with Crippen LogP contribution in [0.4, 0.5) is 5.95 Å². The lowest BCUT2D eigenvalue weighted by Crippen LogP contribution is -2.34. The molecule has 0 aliphatic carbocycles. The van der Waals surface area contributed by atoms with Gasteiger partial charge >= 0.3 is 10.4 Å². The largest absolute Gasteiger partial charge is 0.487 e. The van der Waals surface area contributed by atoms with Crippen LogP contribution < -0.4 is 9.64 Å². The normalized spacial score (nSPS) is 19.1. The van der Waals surface area contributed by atoms with Crippen LogP contribution in [0.3, 0.4) is 0 Å². The van der Waals surface area contributed by atoms with Gasteiger partial charge in [0.15, 0.2) is 0 Å². The van der Waals surface area contributed by atoms with E-state index in [4.69, 9.17) is 18.1 Å². The Labute approximate surface area is 209 Å². The molecule has 35 heavy (non-hydrogen) atoms. The third-order valence-electron chi connectivity index (χ3n) is 6.36. The number of aromatic nitrogens is 3. The molecule has 5 rings (SSSR count). The van der Waals surface area contributed by atoms with Crippen LogP contribution in [0.2, 0.25) is 0 Å². The van der Waals surface area contributed by atoms with Crippen LogP contribution in [0.5, 0.6) is 5.75 Å². The van der Waals surface area contributed by atoms with E-state index in [0.717, 1.165) is 65.9 Å². The summed E-state index contributed by atoms with van der Waals surface area (Å²) in [5.41, 5.74) is 3.03. The molecule has 2 saturated heterocycles. The van der Waals surface area contributed by atoms with E-state index in [9.17, 15) is 8.42 Å². The number of ether oxygens (including phenoxy) is 1. The lowest BCUT2D eigenvalue weighted by Gasteiger charge is -2.31. The molecule has 0 bridgehead atoms. The van der Waals surface area contributed by atoms with Gasteiger partial charge in [-0.05, 0) is 42.5 Å². The van der Waals surface area contributed by atoms with Gasteiger partial charge in [0.2, 0.25) is 5.95 Å². The second-order valence-corrected chi connectivity index (χ2v) is 10.9. The zero-order chi connectivity index (χ0) is 24.3. The average molecular weight is 517 g/mol. The van der Waals surface area contributed by atoms with Crippen molar-refractivity contribution in [3.05, 3.63) is 63.9 Å². The smallest absolute Gasteiger partial charge is 0.399 e. The Kier molecular flexibility index (Phi) is 7.28. The lowest BCUT2D eigenvalue weighted by atomic mass is 9.98. The number of anilines is 1. The van der Waals surface area contributed by atoms with Crippen molar-refractivity contribution in [2.24, 2.45) is 0 Å².